The second kappa shape index (κ2) is 8.52. The van der Waals surface area contributed by atoms with Crippen LogP contribution in [0.25, 0.3) is 6.08 Å². The molecule has 1 atom stereocenters. The molecule has 0 amide bonds. The molecule has 0 spiro atoms. The van der Waals surface area contributed by atoms with Gasteiger partial charge < -0.3 is 19.9 Å². The molecular weight excluding hydrogens is 366 g/mol. The summed E-state index contributed by atoms with van der Waals surface area (Å²) in [7, 11) is 0. The lowest BCUT2D eigenvalue weighted by Crippen LogP contribution is -2.27. The van der Waals surface area contributed by atoms with E-state index in [0.717, 1.165) is 17.0 Å². The summed E-state index contributed by atoms with van der Waals surface area (Å²) in [6, 6.07) is 22.4. The van der Waals surface area contributed by atoms with Gasteiger partial charge in [0.1, 0.15) is 24.7 Å². The monoisotopic (exact) mass is 387 g/mol. The lowest BCUT2D eigenvalue weighted by molar-refractivity contribution is 0.0697. The fraction of sp³-hybridized carbons (Fsp3) is 0.125. The van der Waals surface area contributed by atoms with Gasteiger partial charge in [-0.2, -0.15) is 0 Å². The molecule has 0 aromatic heterocycles. The van der Waals surface area contributed by atoms with Crippen molar-refractivity contribution in [3.05, 3.63) is 95.6 Å². The maximum absolute atomic E-state index is 10.9. The molecule has 4 rings (SSSR count). The predicted molar refractivity (Wildman–Crippen MR) is 113 cm³/mol. The zero-order valence-corrected chi connectivity index (χ0v) is 15.7. The first-order valence-electron chi connectivity index (χ1n) is 9.39. The van der Waals surface area contributed by atoms with Crippen molar-refractivity contribution in [1.29, 1.82) is 0 Å². The Morgan fingerprint density at radius 1 is 0.931 bits per heavy atom. The molecule has 5 nitrogen and oxygen atoms in total. The fourth-order valence-electron chi connectivity index (χ4n) is 3.09. The number of hydrogen-bond acceptors (Lipinski definition) is 4. The largest absolute Gasteiger partial charge is 0.491 e. The summed E-state index contributed by atoms with van der Waals surface area (Å²) in [5, 5.41) is 12.4. The number of benzene rings is 3. The Morgan fingerprint density at radius 3 is 2.48 bits per heavy atom. The highest BCUT2D eigenvalue weighted by Crippen LogP contribution is 2.24. The summed E-state index contributed by atoms with van der Waals surface area (Å²) in [6.07, 6.45) is 4.21. The van der Waals surface area contributed by atoms with Crippen molar-refractivity contribution in [2.24, 2.45) is 0 Å². The number of carbonyl (C=O) groups is 1. The first-order chi connectivity index (χ1) is 14.2. The van der Waals surface area contributed by atoms with Gasteiger partial charge in [0.2, 0.25) is 0 Å². The van der Waals surface area contributed by atoms with Gasteiger partial charge in [0.15, 0.2) is 0 Å². The van der Waals surface area contributed by atoms with Gasteiger partial charge in [-0.1, -0.05) is 48.6 Å². The van der Waals surface area contributed by atoms with E-state index in [1.165, 1.54) is 5.56 Å². The first kappa shape index (κ1) is 18.6. The topological polar surface area (TPSA) is 67.8 Å². The molecule has 3 aromatic carbocycles. The highest BCUT2D eigenvalue weighted by atomic mass is 16.5. The van der Waals surface area contributed by atoms with Gasteiger partial charge in [0.25, 0.3) is 0 Å². The minimum absolute atomic E-state index is 0.0993. The maximum atomic E-state index is 10.9. The average Bonchev–Trinajstić information content (AvgIpc) is 2.77. The molecule has 3 aromatic rings. The molecule has 0 saturated heterocycles. The number of para-hydroxylation sites is 1. The van der Waals surface area contributed by atoms with E-state index in [0.29, 0.717) is 19.0 Å². The minimum Gasteiger partial charge on any atom is -0.491 e. The van der Waals surface area contributed by atoms with Crippen LogP contribution in [-0.4, -0.2) is 23.7 Å². The van der Waals surface area contributed by atoms with Crippen LogP contribution in [0, 0.1) is 0 Å². The quantitative estimate of drug-likeness (QED) is 0.607. The number of rotatable bonds is 7. The molecular formula is C24H21NO4. The lowest BCUT2D eigenvalue weighted by Gasteiger charge is -2.22. The molecule has 1 aliphatic rings. The van der Waals surface area contributed by atoms with E-state index in [-0.39, 0.29) is 11.6 Å². The molecule has 0 saturated carbocycles. The summed E-state index contributed by atoms with van der Waals surface area (Å²) < 4.78 is 11.8. The van der Waals surface area contributed by atoms with E-state index < -0.39 is 5.97 Å². The van der Waals surface area contributed by atoms with Crippen molar-refractivity contribution in [2.45, 2.75) is 12.6 Å². The van der Waals surface area contributed by atoms with Crippen molar-refractivity contribution in [3.8, 4) is 11.5 Å². The average molecular weight is 387 g/mol. The Morgan fingerprint density at radius 2 is 1.69 bits per heavy atom. The number of nitrogens with one attached hydrogen (secondary N) is 1. The van der Waals surface area contributed by atoms with Crippen molar-refractivity contribution >= 4 is 17.7 Å². The zero-order chi connectivity index (χ0) is 20.1. The van der Waals surface area contributed by atoms with Crippen molar-refractivity contribution in [3.63, 3.8) is 0 Å². The second-order valence-electron chi connectivity index (χ2n) is 6.77. The van der Waals surface area contributed by atoms with Crippen molar-refractivity contribution in [1.82, 2.24) is 0 Å². The number of carboxylic acid groups (broad SMARTS) is 1. The molecule has 0 radical (unpaired) electrons. The van der Waals surface area contributed by atoms with Crippen LogP contribution in [0.15, 0.2) is 78.9 Å². The molecule has 146 valence electrons. The van der Waals surface area contributed by atoms with Crippen molar-refractivity contribution < 1.29 is 19.4 Å². The van der Waals surface area contributed by atoms with Crippen LogP contribution in [0.1, 0.15) is 21.5 Å². The Kier molecular flexibility index (Phi) is 5.47. The number of hydrogen-bond donors (Lipinski definition) is 2. The van der Waals surface area contributed by atoms with Crippen LogP contribution in [-0.2, 0) is 6.61 Å². The van der Waals surface area contributed by atoms with Crippen LogP contribution in [0.5, 0.6) is 11.5 Å². The molecule has 5 heteroatoms. The van der Waals surface area contributed by atoms with Gasteiger partial charge >= 0.3 is 5.97 Å². The maximum Gasteiger partial charge on any atom is 0.335 e. The van der Waals surface area contributed by atoms with E-state index in [9.17, 15) is 4.79 Å². The van der Waals surface area contributed by atoms with Crippen LogP contribution in [0.2, 0.25) is 0 Å². The van der Waals surface area contributed by atoms with E-state index in [4.69, 9.17) is 14.6 Å². The van der Waals surface area contributed by atoms with E-state index in [1.807, 2.05) is 36.4 Å². The predicted octanol–water partition coefficient (Wildman–Crippen LogP) is 4.85. The Labute approximate surface area is 169 Å². The van der Waals surface area contributed by atoms with Crippen LogP contribution < -0.4 is 14.8 Å². The molecule has 1 aliphatic heterocycles. The highest BCUT2D eigenvalue weighted by molar-refractivity contribution is 5.87. The summed E-state index contributed by atoms with van der Waals surface area (Å²) in [5.74, 6) is 0.494. The molecule has 0 aliphatic carbocycles. The van der Waals surface area contributed by atoms with Crippen molar-refractivity contribution in [2.75, 3.05) is 11.9 Å². The fourth-order valence-corrected chi connectivity index (χ4v) is 3.09. The third-order valence-corrected chi connectivity index (χ3v) is 4.65. The van der Waals surface area contributed by atoms with Gasteiger partial charge in [-0.05, 0) is 41.5 Å². The van der Waals surface area contributed by atoms with Crippen LogP contribution in [0.3, 0.4) is 0 Å². The molecule has 0 bridgehead atoms. The van der Waals surface area contributed by atoms with Gasteiger partial charge in [-0.15, -0.1) is 0 Å². The summed E-state index contributed by atoms with van der Waals surface area (Å²) in [5.41, 5.74) is 3.44. The molecule has 29 heavy (non-hydrogen) atoms. The second-order valence-corrected chi connectivity index (χ2v) is 6.77. The molecule has 0 fully saturated rings. The Balaban J connectivity index is 1.31. The number of anilines is 1. The number of aromatic carboxylic acids is 1. The number of fused-ring (bicyclic) bond motifs is 1. The van der Waals surface area contributed by atoms with Gasteiger partial charge in [-0.25, -0.2) is 4.79 Å². The van der Waals surface area contributed by atoms with Gasteiger partial charge in [0.05, 0.1) is 11.6 Å². The van der Waals surface area contributed by atoms with E-state index in [2.05, 4.69) is 29.6 Å². The Hall–Kier alpha value is -3.73. The highest BCUT2D eigenvalue weighted by Gasteiger charge is 2.12. The molecule has 1 heterocycles. The zero-order valence-electron chi connectivity index (χ0n) is 15.7. The minimum atomic E-state index is -0.937. The van der Waals surface area contributed by atoms with E-state index >= 15 is 0 Å². The third-order valence-electron chi connectivity index (χ3n) is 4.65. The summed E-state index contributed by atoms with van der Waals surface area (Å²) in [4.78, 5) is 10.9. The number of carboxylic acids is 1. The molecule has 2 N–H and O–H groups in total. The first-order valence-corrected chi connectivity index (χ1v) is 9.39. The lowest BCUT2D eigenvalue weighted by atomic mass is 10.1. The van der Waals surface area contributed by atoms with Gasteiger partial charge in [-0.3, -0.25) is 0 Å². The number of ether oxygens (including phenoxy) is 2. The van der Waals surface area contributed by atoms with E-state index in [1.54, 1.807) is 24.3 Å². The molecule has 1 unspecified atom stereocenters. The van der Waals surface area contributed by atoms with Crippen LogP contribution in [0.4, 0.5) is 5.69 Å². The smallest absolute Gasteiger partial charge is 0.335 e. The third kappa shape index (κ3) is 4.76. The normalized spacial score (nSPS) is 14.6. The SMILES string of the molecule is O=C(O)c1ccc(COc2cccc(OCC3C=Cc4ccccc4N3)c2)cc1. The standard InChI is InChI=1S/C24H21NO4/c26-24(27)19-10-8-17(9-11-19)15-28-21-5-3-6-22(14-21)29-16-20-13-12-18-4-1-2-7-23(18)25-20/h1-14,20,25H,15-16H2,(H,26,27). The summed E-state index contributed by atoms with van der Waals surface area (Å²) >= 11 is 0. The van der Waals surface area contributed by atoms with Crippen LogP contribution >= 0.6 is 0 Å². The Bertz CT molecular complexity index is 1030. The summed E-state index contributed by atoms with van der Waals surface area (Å²) in [6.45, 7) is 0.859. The van der Waals surface area contributed by atoms with Gasteiger partial charge in [0, 0.05) is 11.8 Å².